The van der Waals surface area contributed by atoms with E-state index in [1.165, 1.54) is 12.1 Å². The summed E-state index contributed by atoms with van der Waals surface area (Å²) in [6.45, 7) is 3.94. The van der Waals surface area contributed by atoms with Crippen LogP contribution < -0.4 is 10.2 Å². The summed E-state index contributed by atoms with van der Waals surface area (Å²) in [5.41, 5.74) is 0.822. The minimum absolute atomic E-state index is 0.0562. The van der Waals surface area contributed by atoms with Gasteiger partial charge in [-0.3, -0.25) is 4.79 Å². The molecule has 0 radical (unpaired) electrons. The molecule has 1 saturated heterocycles. The fourth-order valence-corrected chi connectivity index (χ4v) is 2.64. The Bertz CT molecular complexity index is 453. The molecule has 0 bridgehead atoms. The number of hydrogen-bond donors (Lipinski definition) is 2. The Hall–Kier alpha value is -1.62. The lowest BCUT2D eigenvalue weighted by atomic mass is 9.99. The summed E-state index contributed by atoms with van der Waals surface area (Å²) in [6.07, 6.45) is 0.806. The maximum Gasteiger partial charge on any atom is 0.321 e. The van der Waals surface area contributed by atoms with Gasteiger partial charge in [0.15, 0.2) is 0 Å². The third-order valence-electron chi connectivity index (χ3n) is 3.56. The van der Waals surface area contributed by atoms with Crippen LogP contribution in [0.4, 0.5) is 10.1 Å². The first-order valence-corrected chi connectivity index (χ1v) is 6.58. The van der Waals surface area contributed by atoms with E-state index in [1.54, 1.807) is 6.07 Å². The van der Waals surface area contributed by atoms with Gasteiger partial charge in [-0.05, 0) is 31.2 Å². The minimum Gasteiger partial charge on any atom is -0.480 e. The molecular weight excluding hydrogens is 247 g/mol. The van der Waals surface area contributed by atoms with Crippen LogP contribution in [0, 0.1) is 11.7 Å². The van der Waals surface area contributed by atoms with Crippen molar-refractivity contribution in [2.75, 3.05) is 24.5 Å². The molecule has 1 fully saturated rings. The summed E-state index contributed by atoms with van der Waals surface area (Å²) in [7, 11) is 0. The van der Waals surface area contributed by atoms with Gasteiger partial charge in [0.25, 0.3) is 0 Å². The summed E-state index contributed by atoms with van der Waals surface area (Å²) >= 11 is 0. The Labute approximate surface area is 112 Å². The largest absolute Gasteiger partial charge is 0.480 e. The minimum atomic E-state index is -0.812. The lowest BCUT2D eigenvalue weighted by Gasteiger charge is -2.22. The lowest BCUT2D eigenvalue weighted by Crippen LogP contribution is -2.43. The van der Waals surface area contributed by atoms with E-state index >= 15 is 0 Å². The molecule has 1 aromatic carbocycles. The SMILES string of the molecule is CCNC(C(=O)O)C1CCN(c2cccc(F)c2)C1. The average Bonchev–Trinajstić information content (AvgIpc) is 2.84. The highest BCUT2D eigenvalue weighted by molar-refractivity contribution is 5.74. The zero-order valence-corrected chi connectivity index (χ0v) is 11.0. The molecule has 2 atom stereocenters. The Morgan fingerprint density at radius 1 is 1.63 bits per heavy atom. The highest BCUT2D eigenvalue weighted by Gasteiger charge is 2.33. The Balaban J connectivity index is 2.04. The standard InChI is InChI=1S/C14H19FN2O2/c1-2-16-13(14(18)19)10-6-7-17(9-10)12-5-3-4-11(15)8-12/h3-5,8,10,13,16H,2,6-7,9H2,1H3,(H,18,19). The van der Waals surface area contributed by atoms with Gasteiger partial charge in [-0.2, -0.15) is 0 Å². The topological polar surface area (TPSA) is 52.6 Å². The van der Waals surface area contributed by atoms with E-state index in [1.807, 2.05) is 17.9 Å². The van der Waals surface area contributed by atoms with E-state index in [2.05, 4.69) is 5.32 Å². The van der Waals surface area contributed by atoms with Gasteiger partial charge in [0.1, 0.15) is 11.9 Å². The summed E-state index contributed by atoms with van der Waals surface area (Å²) < 4.78 is 13.2. The van der Waals surface area contributed by atoms with Gasteiger partial charge in [0.2, 0.25) is 0 Å². The van der Waals surface area contributed by atoms with Gasteiger partial charge >= 0.3 is 5.97 Å². The zero-order chi connectivity index (χ0) is 13.8. The summed E-state index contributed by atoms with van der Waals surface area (Å²) in [5, 5.41) is 12.2. The zero-order valence-electron chi connectivity index (χ0n) is 11.0. The van der Waals surface area contributed by atoms with Gasteiger partial charge in [-0.15, -0.1) is 0 Å². The molecule has 2 rings (SSSR count). The number of halogens is 1. The number of anilines is 1. The van der Waals surface area contributed by atoms with Crippen LogP contribution in [-0.2, 0) is 4.79 Å². The summed E-state index contributed by atoms with van der Waals surface area (Å²) in [6, 6.07) is 5.91. The summed E-state index contributed by atoms with van der Waals surface area (Å²) in [5.74, 6) is -1.02. The second-order valence-electron chi connectivity index (χ2n) is 4.85. The second-order valence-corrected chi connectivity index (χ2v) is 4.85. The van der Waals surface area contributed by atoms with E-state index in [4.69, 9.17) is 0 Å². The fourth-order valence-electron chi connectivity index (χ4n) is 2.64. The number of carboxylic acids is 1. The van der Waals surface area contributed by atoms with Gasteiger partial charge in [-0.25, -0.2) is 4.39 Å². The number of benzene rings is 1. The van der Waals surface area contributed by atoms with Gasteiger partial charge in [-0.1, -0.05) is 13.0 Å². The van der Waals surface area contributed by atoms with Crippen LogP contribution in [0.25, 0.3) is 0 Å². The van der Waals surface area contributed by atoms with Crippen molar-refractivity contribution < 1.29 is 14.3 Å². The van der Waals surface area contributed by atoms with E-state index < -0.39 is 12.0 Å². The van der Waals surface area contributed by atoms with Crippen molar-refractivity contribution in [2.45, 2.75) is 19.4 Å². The Morgan fingerprint density at radius 3 is 3.05 bits per heavy atom. The molecule has 0 spiro atoms. The van der Waals surface area contributed by atoms with Crippen LogP contribution in [0.1, 0.15) is 13.3 Å². The van der Waals surface area contributed by atoms with Gasteiger partial charge < -0.3 is 15.3 Å². The molecule has 2 unspecified atom stereocenters. The Morgan fingerprint density at radius 2 is 2.42 bits per heavy atom. The highest BCUT2D eigenvalue weighted by atomic mass is 19.1. The average molecular weight is 266 g/mol. The van der Waals surface area contributed by atoms with Crippen LogP contribution >= 0.6 is 0 Å². The van der Waals surface area contributed by atoms with Crippen molar-refractivity contribution in [2.24, 2.45) is 5.92 Å². The number of likely N-dealkylation sites (N-methyl/N-ethyl adjacent to an activating group) is 1. The molecule has 2 N–H and O–H groups in total. The molecular formula is C14H19FN2O2. The van der Waals surface area contributed by atoms with Crippen molar-refractivity contribution in [3.8, 4) is 0 Å². The van der Waals surface area contributed by atoms with E-state index in [-0.39, 0.29) is 11.7 Å². The van der Waals surface area contributed by atoms with Gasteiger partial charge in [0.05, 0.1) is 0 Å². The fraction of sp³-hybridized carbons (Fsp3) is 0.500. The smallest absolute Gasteiger partial charge is 0.321 e. The number of hydrogen-bond acceptors (Lipinski definition) is 3. The molecule has 5 heteroatoms. The van der Waals surface area contributed by atoms with E-state index in [9.17, 15) is 14.3 Å². The number of nitrogens with zero attached hydrogens (tertiary/aromatic N) is 1. The predicted molar refractivity (Wildman–Crippen MR) is 71.8 cm³/mol. The number of carbonyl (C=O) groups is 1. The lowest BCUT2D eigenvalue weighted by molar-refractivity contribution is -0.140. The molecule has 1 aliphatic heterocycles. The van der Waals surface area contributed by atoms with Crippen molar-refractivity contribution >= 4 is 11.7 Å². The molecule has 19 heavy (non-hydrogen) atoms. The van der Waals surface area contributed by atoms with Crippen molar-refractivity contribution in [3.05, 3.63) is 30.1 Å². The number of nitrogens with one attached hydrogen (secondary N) is 1. The van der Waals surface area contributed by atoms with Crippen molar-refractivity contribution in [1.82, 2.24) is 5.32 Å². The Kier molecular flexibility index (Phi) is 4.37. The molecule has 0 saturated carbocycles. The quantitative estimate of drug-likeness (QED) is 0.852. The molecule has 0 amide bonds. The number of carboxylic acid groups (broad SMARTS) is 1. The number of aliphatic carboxylic acids is 1. The van der Waals surface area contributed by atoms with Crippen LogP contribution in [0.5, 0.6) is 0 Å². The monoisotopic (exact) mass is 266 g/mol. The number of rotatable bonds is 5. The third kappa shape index (κ3) is 3.23. The van der Waals surface area contributed by atoms with Crippen LogP contribution in [-0.4, -0.2) is 36.8 Å². The molecule has 4 nitrogen and oxygen atoms in total. The van der Waals surface area contributed by atoms with Crippen molar-refractivity contribution in [3.63, 3.8) is 0 Å². The van der Waals surface area contributed by atoms with E-state index in [0.29, 0.717) is 13.1 Å². The molecule has 0 aromatic heterocycles. The second kappa shape index (κ2) is 6.02. The van der Waals surface area contributed by atoms with Crippen LogP contribution in [0.3, 0.4) is 0 Å². The summed E-state index contributed by atoms with van der Waals surface area (Å²) in [4.78, 5) is 13.3. The molecule has 1 heterocycles. The predicted octanol–water partition coefficient (Wildman–Crippen LogP) is 1.71. The van der Waals surface area contributed by atoms with Crippen LogP contribution in [0.2, 0.25) is 0 Å². The first-order chi connectivity index (χ1) is 9.11. The molecule has 104 valence electrons. The van der Waals surface area contributed by atoms with E-state index in [0.717, 1.165) is 18.7 Å². The highest BCUT2D eigenvalue weighted by Crippen LogP contribution is 2.26. The maximum atomic E-state index is 13.2. The first kappa shape index (κ1) is 13.8. The first-order valence-electron chi connectivity index (χ1n) is 6.58. The molecule has 0 aliphatic carbocycles. The van der Waals surface area contributed by atoms with Gasteiger partial charge in [0, 0.05) is 24.7 Å². The third-order valence-corrected chi connectivity index (χ3v) is 3.56. The molecule has 1 aromatic rings. The van der Waals surface area contributed by atoms with Crippen LogP contribution in [0.15, 0.2) is 24.3 Å². The maximum absolute atomic E-state index is 13.2. The van der Waals surface area contributed by atoms with Crippen molar-refractivity contribution in [1.29, 1.82) is 0 Å². The molecule has 1 aliphatic rings. The normalized spacial score (nSPS) is 20.5.